The number of aryl methyl sites for hydroxylation is 1. The molecule has 0 unspecified atom stereocenters. The minimum absolute atomic E-state index is 0.0378. The quantitative estimate of drug-likeness (QED) is 0.360. The van der Waals surface area contributed by atoms with Crippen molar-refractivity contribution in [2.24, 2.45) is 0 Å². The molecule has 0 aliphatic carbocycles. The first-order valence-corrected chi connectivity index (χ1v) is 13.8. The van der Waals surface area contributed by atoms with Crippen molar-refractivity contribution in [1.29, 1.82) is 0 Å². The van der Waals surface area contributed by atoms with Crippen LogP contribution in [0.15, 0.2) is 74.8 Å². The van der Waals surface area contributed by atoms with Gasteiger partial charge < -0.3 is 14.3 Å². The predicted molar refractivity (Wildman–Crippen MR) is 159 cm³/mol. The van der Waals surface area contributed by atoms with Crippen LogP contribution in [0.25, 0.3) is 10.9 Å². The Balaban J connectivity index is 0.000000745. The van der Waals surface area contributed by atoms with E-state index in [-0.39, 0.29) is 49.9 Å². The summed E-state index contributed by atoms with van der Waals surface area (Å²) in [6.07, 6.45) is 4.00. The molecule has 4 aromatic rings. The summed E-state index contributed by atoms with van der Waals surface area (Å²) in [6.45, 7) is 10.7. The molecular weight excluding hydrogens is 541 g/mol. The zero-order valence-electron chi connectivity index (χ0n) is 24.5. The second-order valence-corrected chi connectivity index (χ2v) is 9.25. The largest absolute Gasteiger partial charge is 0.361 e. The Bertz CT molecular complexity index is 1680. The van der Waals surface area contributed by atoms with Crippen LogP contribution in [0.2, 0.25) is 0 Å². The summed E-state index contributed by atoms with van der Waals surface area (Å²) < 4.78 is 21.0. The second kappa shape index (κ2) is 14.7. The van der Waals surface area contributed by atoms with Crippen LogP contribution in [-0.4, -0.2) is 62.5 Å². The standard InChI is InChI=1S/C25H22FN5O5.C4H8.C2H6/c1-15-12-20(28-36-15)24(34)30-10-8-29(9-11-30)23(33)18-13-16(6-7-19(18)26)14-31-21-5-3-2-4-17(21)22(32)27-25(31)35;1-3-4-2;1-2/h2-7,12-13H,8-11,14H2,1H3,(H,27,32,35);3-4H,1-2H3;1-2H3/b;4-3-;. The van der Waals surface area contributed by atoms with E-state index in [1.165, 1.54) is 27.7 Å². The Labute approximate surface area is 243 Å². The van der Waals surface area contributed by atoms with E-state index in [1.54, 1.807) is 42.2 Å². The molecule has 2 aromatic carbocycles. The van der Waals surface area contributed by atoms with Crippen LogP contribution in [0.5, 0.6) is 0 Å². The molecule has 222 valence electrons. The molecule has 1 saturated heterocycles. The number of hydrogen-bond acceptors (Lipinski definition) is 6. The van der Waals surface area contributed by atoms with Crippen molar-refractivity contribution in [3.05, 3.63) is 110 Å². The number of allylic oxidation sites excluding steroid dienone is 2. The number of amides is 2. The number of fused-ring (bicyclic) bond motifs is 1. The maximum atomic E-state index is 14.7. The minimum Gasteiger partial charge on any atom is -0.361 e. The Morgan fingerprint density at radius 3 is 2.17 bits per heavy atom. The fourth-order valence-electron chi connectivity index (χ4n) is 4.33. The molecule has 2 aromatic heterocycles. The van der Waals surface area contributed by atoms with Gasteiger partial charge in [-0.3, -0.25) is 23.9 Å². The fourth-order valence-corrected chi connectivity index (χ4v) is 4.33. The lowest BCUT2D eigenvalue weighted by Crippen LogP contribution is -2.50. The van der Waals surface area contributed by atoms with Crippen LogP contribution >= 0.6 is 0 Å². The van der Waals surface area contributed by atoms with E-state index in [4.69, 9.17) is 4.52 Å². The van der Waals surface area contributed by atoms with E-state index >= 15 is 0 Å². The number of carbonyl (C=O) groups excluding carboxylic acids is 2. The summed E-state index contributed by atoms with van der Waals surface area (Å²) in [4.78, 5) is 55.7. The number of nitrogens with zero attached hydrogens (tertiary/aromatic N) is 4. The summed E-state index contributed by atoms with van der Waals surface area (Å²) >= 11 is 0. The fraction of sp³-hybridized carbons (Fsp3) is 0.323. The number of benzene rings is 2. The zero-order chi connectivity index (χ0) is 30.8. The van der Waals surface area contributed by atoms with Gasteiger partial charge in [-0.1, -0.05) is 49.4 Å². The van der Waals surface area contributed by atoms with Crippen LogP contribution in [0.1, 0.15) is 59.9 Å². The van der Waals surface area contributed by atoms with Gasteiger partial charge in [0.15, 0.2) is 5.69 Å². The Kier molecular flexibility index (Phi) is 11.1. The van der Waals surface area contributed by atoms with Crippen LogP contribution in [0, 0.1) is 12.7 Å². The number of aromatic amines is 1. The lowest BCUT2D eigenvalue weighted by atomic mass is 10.1. The third kappa shape index (κ3) is 7.28. The molecular formula is C31H36FN5O5. The molecule has 11 heteroatoms. The lowest BCUT2D eigenvalue weighted by molar-refractivity contribution is 0.0527. The molecule has 0 bridgehead atoms. The molecule has 1 aliphatic heterocycles. The van der Waals surface area contributed by atoms with Gasteiger partial charge in [0, 0.05) is 32.2 Å². The lowest BCUT2D eigenvalue weighted by Gasteiger charge is -2.34. The third-order valence-electron chi connectivity index (χ3n) is 6.54. The van der Waals surface area contributed by atoms with Crippen molar-refractivity contribution in [1.82, 2.24) is 24.5 Å². The molecule has 1 fully saturated rings. The van der Waals surface area contributed by atoms with E-state index < -0.39 is 23.0 Å². The van der Waals surface area contributed by atoms with E-state index in [1.807, 2.05) is 39.8 Å². The van der Waals surface area contributed by atoms with Crippen molar-refractivity contribution in [3.63, 3.8) is 0 Å². The molecule has 3 heterocycles. The van der Waals surface area contributed by atoms with Crippen molar-refractivity contribution < 1.29 is 18.5 Å². The molecule has 1 N–H and O–H groups in total. The minimum atomic E-state index is -0.681. The average Bonchev–Trinajstić information content (AvgIpc) is 3.46. The summed E-state index contributed by atoms with van der Waals surface area (Å²) in [6, 6.07) is 12.3. The second-order valence-electron chi connectivity index (χ2n) is 9.25. The van der Waals surface area contributed by atoms with Crippen LogP contribution in [0.4, 0.5) is 4.39 Å². The smallest absolute Gasteiger partial charge is 0.329 e. The number of para-hydroxylation sites is 1. The first-order chi connectivity index (χ1) is 20.2. The number of nitrogens with one attached hydrogen (secondary N) is 1. The van der Waals surface area contributed by atoms with E-state index in [9.17, 15) is 23.6 Å². The number of rotatable bonds is 4. The van der Waals surface area contributed by atoms with Gasteiger partial charge in [-0.05, 0) is 50.6 Å². The molecule has 0 atom stereocenters. The van der Waals surface area contributed by atoms with Crippen molar-refractivity contribution >= 4 is 22.7 Å². The van der Waals surface area contributed by atoms with Crippen molar-refractivity contribution in [2.75, 3.05) is 26.2 Å². The number of piperazine rings is 1. The van der Waals surface area contributed by atoms with Gasteiger partial charge >= 0.3 is 5.69 Å². The molecule has 2 amide bonds. The molecule has 5 rings (SSSR count). The van der Waals surface area contributed by atoms with Gasteiger partial charge in [0.05, 0.1) is 23.0 Å². The SMILES string of the molecule is C/C=C\C.CC.Cc1cc(C(=O)N2CCN(C(=O)c3cc(Cn4c(=O)[nH]c(=O)c5ccccc54)ccc3F)CC2)no1. The maximum Gasteiger partial charge on any atom is 0.329 e. The maximum absolute atomic E-state index is 14.7. The number of aromatic nitrogens is 3. The normalized spacial score (nSPS) is 12.9. The topological polar surface area (TPSA) is 122 Å². The molecule has 0 radical (unpaired) electrons. The highest BCUT2D eigenvalue weighted by atomic mass is 19.1. The predicted octanol–water partition coefficient (Wildman–Crippen LogP) is 4.38. The van der Waals surface area contributed by atoms with Gasteiger partial charge in [-0.2, -0.15) is 0 Å². The number of H-pyrrole nitrogens is 1. The third-order valence-corrected chi connectivity index (χ3v) is 6.54. The Hall–Kier alpha value is -4.80. The summed E-state index contributed by atoms with van der Waals surface area (Å²) in [5, 5.41) is 4.09. The number of carbonyl (C=O) groups is 2. The highest BCUT2D eigenvalue weighted by molar-refractivity contribution is 5.95. The van der Waals surface area contributed by atoms with Gasteiger partial charge in [-0.25, -0.2) is 9.18 Å². The van der Waals surface area contributed by atoms with Crippen molar-refractivity contribution in [2.45, 2.75) is 41.2 Å². The van der Waals surface area contributed by atoms with Crippen LogP contribution in [0.3, 0.4) is 0 Å². The monoisotopic (exact) mass is 577 g/mol. The van der Waals surface area contributed by atoms with E-state index in [0.717, 1.165) is 0 Å². The van der Waals surface area contributed by atoms with Crippen LogP contribution in [-0.2, 0) is 6.54 Å². The number of halogens is 1. The summed E-state index contributed by atoms with van der Waals surface area (Å²) in [7, 11) is 0. The average molecular weight is 578 g/mol. The van der Waals surface area contributed by atoms with E-state index in [0.29, 0.717) is 22.2 Å². The summed E-state index contributed by atoms with van der Waals surface area (Å²) in [5.74, 6) is -0.943. The molecule has 10 nitrogen and oxygen atoms in total. The molecule has 0 spiro atoms. The van der Waals surface area contributed by atoms with Gasteiger partial charge in [0.1, 0.15) is 11.6 Å². The van der Waals surface area contributed by atoms with Gasteiger partial charge in [0.25, 0.3) is 17.4 Å². The van der Waals surface area contributed by atoms with Gasteiger partial charge in [0.2, 0.25) is 0 Å². The van der Waals surface area contributed by atoms with Gasteiger partial charge in [-0.15, -0.1) is 0 Å². The Morgan fingerprint density at radius 1 is 0.952 bits per heavy atom. The summed E-state index contributed by atoms with van der Waals surface area (Å²) in [5.41, 5.74) is -0.0461. The Morgan fingerprint density at radius 2 is 1.57 bits per heavy atom. The highest BCUT2D eigenvalue weighted by Gasteiger charge is 2.28. The van der Waals surface area contributed by atoms with Crippen LogP contribution < -0.4 is 11.2 Å². The van der Waals surface area contributed by atoms with Crippen molar-refractivity contribution in [3.8, 4) is 0 Å². The van der Waals surface area contributed by atoms with E-state index in [2.05, 4.69) is 10.1 Å². The molecule has 1 aliphatic rings. The first kappa shape index (κ1) is 31.7. The highest BCUT2D eigenvalue weighted by Crippen LogP contribution is 2.18. The molecule has 0 saturated carbocycles. The molecule has 42 heavy (non-hydrogen) atoms. The first-order valence-electron chi connectivity index (χ1n) is 13.8. The zero-order valence-corrected chi connectivity index (χ0v) is 24.5. The number of hydrogen-bond donors (Lipinski definition) is 1.